The highest BCUT2D eigenvalue weighted by Crippen LogP contribution is 2.37. The maximum Gasteiger partial charge on any atom is 0.573 e. The zero-order chi connectivity index (χ0) is 16.1. The van der Waals surface area contributed by atoms with Crippen LogP contribution >= 0.6 is 0 Å². The van der Waals surface area contributed by atoms with Crippen molar-refractivity contribution in [1.82, 2.24) is 0 Å². The summed E-state index contributed by atoms with van der Waals surface area (Å²) >= 11 is 0. The first-order valence-electron chi connectivity index (χ1n) is 6.42. The molecule has 2 rings (SSSR count). The third kappa shape index (κ3) is 3.27. The Balaban J connectivity index is 2.38. The molecular formula is C13H17BF3NO3. The van der Waals surface area contributed by atoms with E-state index in [0.29, 0.717) is 5.69 Å². The van der Waals surface area contributed by atoms with E-state index < -0.39 is 24.7 Å². The molecule has 1 fully saturated rings. The molecule has 8 heteroatoms. The smallest absolute Gasteiger partial charge is 0.406 e. The van der Waals surface area contributed by atoms with Gasteiger partial charge in [0.25, 0.3) is 0 Å². The van der Waals surface area contributed by atoms with Gasteiger partial charge < -0.3 is 19.8 Å². The average Bonchev–Trinajstić information content (AvgIpc) is 2.49. The van der Waals surface area contributed by atoms with Gasteiger partial charge in [-0.2, -0.15) is 0 Å². The number of anilines is 1. The Hall–Kier alpha value is -1.41. The van der Waals surface area contributed by atoms with Gasteiger partial charge in [0.2, 0.25) is 0 Å². The molecule has 1 aliphatic rings. The Kier molecular flexibility index (Phi) is 3.66. The van der Waals surface area contributed by atoms with Gasteiger partial charge in [-0.15, -0.1) is 13.2 Å². The van der Waals surface area contributed by atoms with Crippen LogP contribution in [0.4, 0.5) is 18.9 Å². The van der Waals surface area contributed by atoms with Crippen molar-refractivity contribution < 1.29 is 27.2 Å². The SMILES string of the molecule is CC1(C)OB(c2cc(N)ccc2OC(F)(F)F)OC1(C)C. The summed E-state index contributed by atoms with van der Waals surface area (Å²) in [7, 11) is -0.976. The molecule has 0 bridgehead atoms. The third-order valence-electron chi connectivity index (χ3n) is 3.77. The second-order valence-corrected chi connectivity index (χ2v) is 5.93. The van der Waals surface area contributed by atoms with E-state index in [0.717, 1.165) is 6.07 Å². The first kappa shape index (κ1) is 16.0. The number of hydrogen-bond donors (Lipinski definition) is 1. The Morgan fingerprint density at radius 1 is 1.10 bits per heavy atom. The first-order valence-corrected chi connectivity index (χ1v) is 6.42. The molecule has 1 saturated heterocycles. The summed E-state index contributed by atoms with van der Waals surface area (Å²) in [6, 6.07) is 3.85. The Morgan fingerprint density at radius 3 is 2.10 bits per heavy atom. The topological polar surface area (TPSA) is 53.7 Å². The first-order chi connectivity index (χ1) is 9.41. The van der Waals surface area contributed by atoms with Gasteiger partial charge in [-0.3, -0.25) is 0 Å². The maximum absolute atomic E-state index is 12.5. The fourth-order valence-corrected chi connectivity index (χ4v) is 1.94. The predicted octanol–water partition coefficient (Wildman–Crippen LogP) is 2.47. The number of nitrogens with two attached hydrogens (primary N) is 1. The molecule has 0 unspecified atom stereocenters. The lowest BCUT2D eigenvalue weighted by Crippen LogP contribution is -2.41. The predicted molar refractivity (Wildman–Crippen MR) is 73.3 cm³/mol. The van der Waals surface area contributed by atoms with Gasteiger partial charge in [0.1, 0.15) is 5.75 Å². The molecule has 0 amide bonds. The number of hydrogen-bond acceptors (Lipinski definition) is 4. The van der Waals surface area contributed by atoms with E-state index in [1.807, 2.05) is 27.7 Å². The fraction of sp³-hybridized carbons (Fsp3) is 0.538. The van der Waals surface area contributed by atoms with Gasteiger partial charge >= 0.3 is 13.5 Å². The maximum atomic E-state index is 12.5. The number of nitrogen functional groups attached to an aromatic ring is 1. The van der Waals surface area contributed by atoms with Crippen LogP contribution in [0.2, 0.25) is 0 Å². The minimum absolute atomic E-state index is 0.117. The van der Waals surface area contributed by atoms with E-state index in [-0.39, 0.29) is 11.2 Å². The summed E-state index contributed by atoms with van der Waals surface area (Å²) in [5.41, 5.74) is 4.73. The molecule has 0 aliphatic carbocycles. The molecular weight excluding hydrogens is 286 g/mol. The fourth-order valence-electron chi connectivity index (χ4n) is 1.94. The van der Waals surface area contributed by atoms with Crippen LogP contribution in [0.3, 0.4) is 0 Å². The van der Waals surface area contributed by atoms with Crippen molar-refractivity contribution in [2.45, 2.75) is 45.3 Å². The van der Waals surface area contributed by atoms with E-state index in [2.05, 4.69) is 4.74 Å². The largest absolute Gasteiger partial charge is 0.573 e. The van der Waals surface area contributed by atoms with Crippen molar-refractivity contribution >= 4 is 18.3 Å². The summed E-state index contributed by atoms with van der Waals surface area (Å²) in [5, 5.41) is 0. The number of ether oxygens (including phenoxy) is 1. The zero-order valence-corrected chi connectivity index (χ0v) is 12.2. The van der Waals surface area contributed by atoms with Crippen LogP contribution < -0.4 is 15.9 Å². The van der Waals surface area contributed by atoms with E-state index >= 15 is 0 Å². The van der Waals surface area contributed by atoms with Crippen molar-refractivity contribution in [2.24, 2.45) is 0 Å². The Morgan fingerprint density at radius 2 is 1.62 bits per heavy atom. The second kappa shape index (κ2) is 4.81. The standard InChI is InChI=1S/C13H17BF3NO3/c1-11(2)12(3,4)21-14(20-11)9-7-8(18)5-6-10(9)19-13(15,16)17/h5-7H,18H2,1-4H3. The summed E-state index contributed by atoms with van der Waals surface area (Å²) in [4.78, 5) is 0. The number of benzene rings is 1. The lowest BCUT2D eigenvalue weighted by molar-refractivity contribution is -0.274. The molecule has 0 aromatic heterocycles. The van der Waals surface area contributed by atoms with Crippen LogP contribution in [-0.4, -0.2) is 24.7 Å². The van der Waals surface area contributed by atoms with Crippen LogP contribution in [0, 0.1) is 0 Å². The van der Waals surface area contributed by atoms with Gasteiger partial charge in [-0.05, 0) is 45.9 Å². The summed E-state index contributed by atoms with van der Waals surface area (Å²) < 4.78 is 52.9. The summed E-state index contributed by atoms with van der Waals surface area (Å²) in [6.07, 6.45) is -4.80. The van der Waals surface area contributed by atoms with Crippen LogP contribution in [-0.2, 0) is 9.31 Å². The molecule has 0 spiro atoms. The third-order valence-corrected chi connectivity index (χ3v) is 3.77. The molecule has 4 nitrogen and oxygen atoms in total. The molecule has 0 radical (unpaired) electrons. The number of halogens is 3. The van der Waals surface area contributed by atoms with Crippen LogP contribution in [0.5, 0.6) is 5.75 Å². The number of alkyl halides is 3. The molecule has 1 aliphatic heterocycles. The summed E-state index contributed by atoms with van der Waals surface area (Å²) in [6.45, 7) is 7.24. The van der Waals surface area contributed by atoms with Crippen molar-refractivity contribution in [2.75, 3.05) is 5.73 Å². The van der Waals surface area contributed by atoms with Crippen molar-refractivity contribution in [3.63, 3.8) is 0 Å². The van der Waals surface area contributed by atoms with E-state index in [9.17, 15) is 13.2 Å². The Bertz CT molecular complexity index is 530. The van der Waals surface area contributed by atoms with Gasteiger partial charge in [0.15, 0.2) is 0 Å². The van der Waals surface area contributed by atoms with Crippen LogP contribution in [0.1, 0.15) is 27.7 Å². The molecule has 1 aromatic carbocycles. The quantitative estimate of drug-likeness (QED) is 0.673. The normalized spacial score (nSPS) is 20.6. The van der Waals surface area contributed by atoms with Gasteiger partial charge in [-0.1, -0.05) is 0 Å². The minimum atomic E-state index is -4.80. The molecule has 2 N–H and O–H groups in total. The molecule has 0 saturated carbocycles. The summed E-state index contributed by atoms with van der Waals surface area (Å²) in [5.74, 6) is -0.379. The highest BCUT2D eigenvalue weighted by Gasteiger charge is 2.53. The molecule has 0 atom stereocenters. The highest BCUT2D eigenvalue weighted by atomic mass is 19.4. The zero-order valence-electron chi connectivity index (χ0n) is 12.2. The Labute approximate surface area is 121 Å². The minimum Gasteiger partial charge on any atom is -0.406 e. The van der Waals surface area contributed by atoms with Gasteiger partial charge in [0.05, 0.1) is 11.2 Å². The second-order valence-electron chi connectivity index (χ2n) is 5.93. The molecule has 1 heterocycles. The monoisotopic (exact) mass is 303 g/mol. The highest BCUT2D eigenvalue weighted by molar-refractivity contribution is 6.63. The van der Waals surface area contributed by atoms with E-state index in [1.165, 1.54) is 12.1 Å². The molecule has 116 valence electrons. The molecule has 1 aromatic rings. The van der Waals surface area contributed by atoms with Gasteiger partial charge in [-0.25, -0.2) is 0 Å². The van der Waals surface area contributed by atoms with Crippen molar-refractivity contribution in [3.8, 4) is 5.75 Å². The van der Waals surface area contributed by atoms with Crippen LogP contribution in [0.15, 0.2) is 18.2 Å². The van der Waals surface area contributed by atoms with E-state index in [4.69, 9.17) is 15.0 Å². The number of rotatable bonds is 2. The van der Waals surface area contributed by atoms with Crippen molar-refractivity contribution in [3.05, 3.63) is 18.2 Å². The lowest BCUT2D eigenvalue weighted by atomic mass is 9.78. The van der Waals surface area contributed by atoms with E-state index in [1.54, 1.807) is 0 Å². The van der Waals surface area contributed by atoms with Crippen LogP contribution in [0.25, 0.3) is 0 Å². The molecule has 21 heavy (non-hydrogen) atoms. The average molecular weight is 303 g/mol. The van der Waals surface area contributed by atoms with Gasteiger partial charge in [0, 0.05) is 11.2 Å². The lowest BCUT2D eigenvalue weighted by Gasteiger charge is -2.32. The van der Waals surface area contributed by atoms with Crippen molar-refractivity contribution in [1.29, 1.82) is 0 Å².